The number of aryl methyl sites for hydroxylation is 2. The lowest BCUT2D eigenvalue weighted by Crippen LogP contribution is -2.14. The van der Waals surface area contributed by atoms with E-state index in [1.165, 1.54) is 0 Å². The molecule has 0 aliphatic heterocycles. The van der Waals surface area contributed by atoms with E-state index in [1.54, 1.807) is 24.3 Å². The van der Waals surface area contributed by atoms with Crippen molar-refractivity contribution < 1.29 is 9.53 Å². The van der Waals surface area contributed by atoms with E-state index < -0.39 is 0 Å². The molecule has 0 saturated heterocycles. The van der Waals surface area contributed by atoms with Crippen molar-refractivity contribution in [1.82, 2.24) is 0 Å². The van der Waals surface area contributed by atoms with Gasteiger partial charge in [-0.25, -0.2) is 0 Å². The van der Waals surface area contributed by atoms with E-state index in [1.807, 2.05) is 49.4 Å². The van der Waals surface area contributed by atoms with Gasteiger partial charge in [0.25, 0.3) is 5.91 Å². The maximum Gasteiger partial charge on any atom is 0.255 e. The molecule has 0 heterocycles. The Bertz CT molecular complexity index is 935. The lowest BCUT2D eigenvalue weighted by atomic mass is 10.1. The molecular formula is C23H22ClNO2. The average Bonchev–Trinajstić information content (AvgIpc) is 2.69. The lowest BCUT2D eigenvalue weighted by molar-refractivity contribution is 0.102. The number of rotatable bonds is 6. The molecule has 138 valence electrons. The standard InChI is InChI=1S/C23H22ClNO2/c1-3-17-9-6-7-16(2)22(17)25-23(26)18-11-13-20(14-12-18)27-15-19-8-4-5-10-21(19)24/h4-14H,3,15H2,1-2H3,(H,25,26). The number of hydrogen-bond donors (Lipinski definition) is 1. The molecule has 0 spiro atoms. The van der Waals surface area contributed by atoms with Gasteiger partial charge in [-0.3, -0.25) is 4.79 Å². The van der Waals surface area contributed by atoms with Crippen LogP contribution in [0.15, 0.2) is 66.7 Å². The van der Waals surface area contributed by atoms with Crippen molar-refractivity contribution in [3.63, 3.8) is 0 Å². The van der Waals surface area contributed by atoms with Gasteiger partial charge >= 0.3 is 0 Å². The third-order valence-corrected chi connectivity index (χ3v) is 4.82. The number of para-hydroxylation sites is 1. The molecule has 0 unspecified atom stereocenters. The molecule has 1 amide bonds. The Morgan fingerprint density at radius 2 is 1.67 bits per heavy atom. The molecule has 0 aromatic heterocycles. The smallest absolute Gasteiger partial charge is 0.255 e. The summed E-state index contributed by atoms with van der Waals surface area (Å²) in [6.07, 6.45) is 0.867. The van der Waals surface area contributed by atoms with Crippen molar-refractivity contribution >= 4 is 23.2 Å². The first kappa shape index (κ1) is 19.0. The largest absolute Gasteiger partial charge is 0.489 e. The molecule has 3 aromatic carbocycles. The highest BCUT2D eigenvalue weighted by Crippen LogP contribution is 2.23. The molecule has 0 bridgehead atoms. The van der Waals surface area contributed by atoms with E-state index in [-0.39, 0.29) is 5.91 Å². The topological polar surface area (TPSA) is 38.3 Å². The van der Waals surface area contributed by atoms with Crippen molar-refractivity contribution in [3.8, 4) is 5.75 Å². The minimum absolute atomic E-state index is 0.128. The highest BCUT2D eigenvalue weighted by atomic mass is 35.5. The summed E-state index contributed by atoms with van der Waals surface area (Å²) in [5.74, 6) is 0.563. The van der Waals surface area contributed by atoms with Crippen molar-refractivity contribution in [1.29, 1.82) is 0 Å². The summed E-state index contributed by atoms with van der Waals surface area (Å²) >= 11 is 6.14. The molecule has 0 saturated carbocycles. The monoisotopic (exact) mass is 379 g/mol. The Morgan fingerprint density at radius 1 is 0.963 bits per heavy atom. The van der Waals surface area contributed by atoms with E-state index >= 15 is 0 Å². The third-order valence-electron chi connectivity index (χ3n) is 4.45. The maximum absolute atomic E-state index is 12.6. The van der Waals surface area contributed by atoms with Crippen LogP contribution in [-0.2, 0) is 13.0 Å². The average molecular weight is 380 g/mol. The fraction of sp³-hybridized carbons (Fsp3) is 0.174. The number of ether oxygens (including phenoxy) is 1. The zero-order chi connectivity index (χ0) is 19.2. The zero-order valence-corrected chi connectivity index (χ0v) is 16.2. The lowest BCUT2D eigenvalue weighted by Gasteiger charge is -2.13. The van der Waals surface area contributed by atoms with Gasteiger partial charge in [-0.15, -0.1) is 0 Å². The van der Waals surface area contributed by atoms with Gasteiger partial charge in [0.05, 0.1) is 0 Å². The summed E-state index contributed by atoms with van der Waals surface area (Å²) in [4.78, 5) is 12.6. The molecular weight excluding hydrogens is 358 g/mol. The Morgan fingerprint density at radius 3 is 2.37 bits per heavy atom. The van der Waals surface area contributed by atoms with Crippen LogP contribution >= 0.6 is 11.6 Å². The van der Waals surface area contributed by atoms with Gasteiger partial charge in [-0.1, -0.05) is 54.9 Å². The summed E-state index contributed by atoms with van der Waals surface area (Å²) in [6.45, 7) is 4.46. The third kappa shape index (κ3) is 4.69. The van der Waals surface area contributed by atoms with Crippen molar-refractivity contribution in [3.05, 3.63) is 94.0 Å². The maximum atomic E-state index is 12.6. The Hall–Kier alpha value is -2.78. The van der Waals surface area contributed by atoms with Gasteiger partial charge in [0.2, 0.25) is 0 Å². The van der Waals surface area contributed by atoms with E-state index in [0.717, 1.165) is 28.8 Å². The van der Waals surface area contributed by atoms with Gasteiger partial charge < -0.3 is 10.1 Å². The van der Waals surface area contributed by atoms with Gasteiger partial charge in [-0.2, -0.15) is 0 Å². The zero-order valence-electron chi connectivity index (χ0n) is 15.5. The second-order valence-electron chi connectivity index (χ2n) is 6.32. The van der Waals surface area contributed by atoms with Gasteiger partial charge in [0.1, 0.15) is 12.4 Å². The van der Waals surface area contributed by atoms with E-state index in [2.05, 4.69) is 12.2 Å². The summed E-state index contributed by atoms with van der Waals surface area (Å²) in [5, 5.41) is 3.71. The number of hydrogen-bond acceptors (Lipinski definition) is 2. The minimum Gasteiger partial charge on any atom is -0.489 e. The van der Waals surface area contributed by atoms with Gasteiger partial charge in [0, 0.05) is 21.8 Å². The summed E-state index contributed by atoms with van der Waals surface area (Å²) < 4.78 is 5.77. The quantitative estimate of drug-likeness (QED) is 0.566. The summed E-state index contributed by atoms with van der Waals surface area (Å²) in [5.41, 5.74) is 4.59. The van der Waals surface area contributed by atoms with Crippen LogP contribution in [0.1, 0.15) is 34.0 Å². The molecule has 0 aliphatic rings. The Balaban J connectivity index is 1.67. The van der Waals surface area contributed by atoms with E-state index in [9.17, 15) is 4.79 Å². The molecule has 3 rings (SSSR count). The fourth-order valence-electron chi connectivity index (χ4n) is 2.87. The molecule has 3 nitrogen and oxygen atoms in total. The molecule has 0 fully saturated rings. The molecule has 1 N–H and O–H groups in total. The molecule has 0 radical (unpaired) electrons. The van der Waals surface area contributed by atoms with Gasteiger partial charge in [0.15, 0.2) is 0 Å². The first-order valence-corrected chi connectivity index (χ1v) is 9.32. The van der Waals surface area contributed by atoms with Crippen LogP contribution in [0.4, 0.5) is 5.69 Å². The second kappa shape index (κ2) is 8.74. The highest BCUT2D eigenvalue weighted by Gasteiger charge is 2.11. The normalized spacial score (nSPS) is 10.5. The number of nitrogens with one attached hydrogen (secondary N) is 1. The summed E-state index contributed by atoms with van der Waals surface area (Å²) in [6, 6.07) is 20.7. The Kier molecular flexibility index (Phi) is 6.15. The SMILES string of the molecule is CCc1cccc(C)c1NC(=O)c1ccc(OCc2ccccc2Cl)cc1. The molecule has 4 heteroatoms. The highest BCUT2D eigenvalue weighted by molar-refractivity contribution is 6.31. The van der Waals surface area contributed by atoms with Crippen LogP contribution in [0.5, 0.6) is 5.75 Å². The van der Waals surface area contributed by atoms with E-state index in [4.69, 9.17) is 16.3 Å². The first-order valence-electron chi connectivity index (χ1n) is 8.94. The van der Waals surface area contributed by atoms with Crippen molar-refractivity contribution in [2.45, 2.75) is 26.9 Å². The number of amides is 1. The van der Waals surface area contributed by atoms with Crippen LogP contribution in [-0.4, -0.2) is 5.91 Å². The predicted molar refractivity (Wildman–Crippen MR) is 111 cm³/mol. The molecule has 0 aliphatic carbocycles. The number of carbonyl (C=O) groups excluding carboxylic acids is 1. The van der Waals surface area contributed by atoms with Gasteiger partial charge in [-0.05, 0) is 54.8 Å². The number of anilines is 1. The fourth-order valence-corrected chi connectivity index (χ4v) is 3.06. The van der Waals surface area contributed by atoms with Crippen LogP contribution in [0, 0.1) is 6.92 Å². The molecule has 27 heavy (non-hydrogen) atoms. The predicted octanol–water partition coefficient (Wildman–Crippen LogP) is 6.04. The van der Waals surface area contributed by atoms with Crippen molar-refractivity contribution in [2.75, 3.05) is 5.32 Å². The summed E-state index contributed by atoms with van der Waals surface area (Å²) in [7, 11) is 0. The Labute approximate surface area is 164 Å². The first-order chi connectivity index (χ1) is 13.1. The van der Waals surface area contributed by atoms with Crippen LogP contribution < -0.4 is 10.1 Å². The van der Waals surface area contributed by atoms with Crippen LogP contribution in [0.2, 0.25) is 5.02 Å². The van der Waals surface area contributed by atoms with Crippen LogP contribution in [0.25, 0.3) is 0 Å². The number of benzene rings is 3. The van der Waals surface area contributed by atoms with Crippen LogP contribution in [0.3, 0.4) is 0 Å². The number of carbonyl (C=O) groups is 1. The number of halogens is 1. The van der Waals surface area contributed by atoms with E-state index in [0.29, 0.717) is 22.9 Å². The molecule has 3 aromatic rings. The molecule has 0 atom stereocenters. The second-order valence-corrected chi connectivity index (χ2v) is 6.73. The van der Waals surface area contributed by atoms with Crippen molar-refractivity contribution in [2.24, 2.45) is 0 Å². The minimum atomic E-state index is -0.128.